The van der Waals surface area contributed by atoms with Crippen LogP contribution in [0.15, 0.2) is 18.2 Å². The Morgan fingerprint density at radius 1 is 1.11 bits per heavy atom. The van der Waals surface area contributed by atoms with E-state index in [0.717, 1.165) is 38.2 Å². The zero-order valence-electron chi connectivity index (χ0n) is 16.6. The number of piperazine rings is 1. The van der Waals surface area contributed by atoms with Crippen molar-refractivity contribution >= 4 is 5.91 Å². The summed E-state index contributed by atoms with van der Waals surface area (Å²) in [5.74, 6) is 1.10. The molecule has 0 saturated carbocycles. The van der Waals surface area contributed by atoms with Gasteiger partial charge in [0.15, 0.2) is 17.1 Å². The molecule has 1 N–H and O–H groups in total. The number of rotatable bonds is 6. The van der Waals surface area contributed by atoms with Crippen molar-refractivity contribution in [3.8, 4) is 11.5 Å². The molecule has 150 valence electrons. The number of carbonyl (C=O) groups excluding carboxylic acids is 1. The third-order valence-corrected chi connectivity index (χ3v) is 5.63. The van der Waals surface area contributed by atoms with Crippen LogP contribution in [0.4, 0.5) is 0 Å². The quantitative estimate of drug-likeness (QED) is 0.791. The summed E-state index contributed by atoms with van der Waals surface area (Å²) in [5.41, 5.74) is -0.422. The Morgan fingerprint density at radius 2 is 1.85 bits per heavy atom. The highest BCUT2D eigenvalue weighted by Crippen LogP contribution is 2.33. The Morgan fingerprint density at radius 3 is 2.52 bits per heavy atom. The molecule has 0 unspecified atom stereocenters. The summed E-state index contributed by atoms with van der Waals surface area (Å²) < 4.78 is 10.8. The van der Waals surface area contributed by atoms with Crippen molar-refractivity contribution in [2.75, 3.05) is 60.5 Å². The van der Waals surface area contributed by atoms with E-state index in [0.29, 0.717) is 37.6 Å². The van der Waals surface area contributed by atoms with Crippen molar-refractivity contribution in [2.24, 2.45) is 0 Å². The molecule has 7 nitrogen and oxygen atoms in total. The minimum Gasteiger partial charge on any atom is -0.493 e. The third-order valence-electron chi connectivity index (χ3n) is 5.63. The molecule has 1 amide bonds. The fourth-order valence-electron chi connectivity index (χ4n) is 4.02. The summed E-state index contributed by atoms with van der Waals surface area (Å²) in [4.78, 5) is 19.3. The van der Waals surface area contributed by atoms with E-state index in [1.807, 2.05) is 18.2 Å². The van der Waals surface area contributed by atoms with E-state index < -0.39 is 5.60 Å². The van der Waals surface area contributed by atoms with E-state index in [1.165, 1.54) is 0 Å². The summed E-state index contributed by atoms with van der Waals surface area (Å²) in [6, 6.07) is 5.66. The molecule has 2 fully saturated rings. The Hall–Kier alpha value is -1.83. The standard InChI is InChI=1S/C20H31N3O4/c1-21-10-12-22(13-11-21)15-20(25)8-5-9-23(19(20)24)14-16-6-4-7-17(26-2)18(16)27-3/h4,6-7,25H,5,8-15H2,1-3H3/t20-/m0/s1. The number of likely N-dealkylation sites (tertiary alicyclic amines) is 1. The van der Waals surface area contributed by atoms with Crippen LogP contribution in [0.1, 0.15) is 18.4 Å². The van der Waals surface area contributed by atoms with Crippen molar-refractivity contribution in [1.82, 2.24) is 14.7 Å². The smallest absolute Gasteiger partial charge is 0.256 e. The van der Waals surface area contributed by atoms with E-state index in [2.05, 4.69) is 16.8 Å². The molecule has 2 aliphatic heterocycles. The van der Waals surface area contributed by atoms with Gasteiger partial charge in [-0.2, -0.15) is 0 Å². The number of likely N-dealkylation sites (N-methyl/N-ethyl adjacent to an activating group) is 1. The second-order valence-corrected chi connectivity index (χ2v) is 7.59. The van der Waals surface area contributed by atoms with Crippen LogP contribution in [0.2, 0.25) is 0 Å². The number of piperidine rings is 1. The molecule has 27 heavy (non-hydrogen) atoms. The van der Waals surface area contributed by atoms with E-state index in [-0.39, 0.29) is 5.91 Å². The molecule has 0 spiro atoms. The molecular formula is C20H31N3O4. The van der Waals surface area contributed by atoms with Crippen molar-refractivity contribution < 1.29 is 19.4 Å². The van der Waals surface area contributed by atoms with Gasteiger partial charge in [0.25, 0.3) is 5.91 Å². The Labute approximate surface area is 161 Å². The molecule has 0 aliphatic carbocycles. The number of nitrogens with zero attached hydrogens (tertiary/aromatic N) is 3. The lowest BCUT2D eigenvalue weighted by atomic mass is 9.90. The average molecular weight is 377 g/mol. The average Bonchev–Trinajstić information content (AvgIpc) is 2.67. The predicted octanol–water partition coefficient (Wildman–Crippen LogP) is 0.805. The molecule has 1 atom stereocenters. The second kappa shape index (κ2) is 8.46. The minimum atomic E-state index is -1.31. The number of amides is 1. The molecule has 2 saturated heterocycles. The summed E-state index contributed by atoms with van der Waals surface area (Å²) in [7, 11) is 5.30. The van der Waals surface area contributed by atoms with Crippen LogP contribution in [0.3, 0.4) is 0 Å². The Bertz CT molecular complexity index is 661. The van der Waals surface area contributed by atoms with Crippen molar-refractivity contribution in [1.29, 1.82) is 0 Å². The van der Waals surface area contributed by atoms with Gasteiger partial charge in [0.05, 0.1) is 14.2 Å². The van der Waals surface area contributed by atoms with E-state index in [9.17, 15) is 9.90 Å². The van der Waals surface area contributed by atoms with Gasteiger partial charge in [-0.3, -0.25) is 9.69 Å². The maximum atomic E-state index is 13.1. The molecule has 3 rings (SSSR count). The first-order chi connectivity index (χ1) is 13.0. The number of β-amino-alcohol motifs (C(OH)–C–C–N with tert-alkyl or cyclic N) is 1. The number of ether oxygens (including phenoxy) is 2. The van der Waals surface area contributed by atoms with Gasteiger partial charge in [-0.25, -0.2) is 0 Å². The largest absolute Gasteiger partial charge is 0.493 e. The van der Waals surface area contributed by atoms with Gasteiger partial charge in [0, 0.05) is 51.4 Å². The van der Waals surface area contributed by atoms with Crippen molar-refractivity contribution in [2.45, 2.75) is 25.0 Å². The van der Waals surface area contributed by atoms with Crippen molar-refractivity contribution in [3.63, 3.8) is 0 Å². The zero-order valence-corrected chi connectivity index (χ0v) is 16.6. The minimum absolute atomic E-state index is 0.183. The number of para-hydroxylation sites is 1. The molecule has 0 radical (unpaired) electrons. The maximum absolute atomic E-state index is 13.1. The number of hydrogen-bond donors (Lipinski definition) is 1. The van der Waals surface area contributed by atoms with Crippen LogP contribution in [0.25, 0.3) is 0 Å². The van der Waals surface area contributed by atoms with E-state index >= 15 is 0 Å². The number of hydrogen-bond acceptors (Lipinski definition) is 6. The highest BCUT2D eigenvalue weighted by Gasteiger charge is 2.43. The Balaban J connectivity index is 1.71. The van der Waals surface area contributed by atoms with Gasteiger partial charge in [0.2, 0.25) is 0 Å². The number of aliphatic hydroxyl groups is 1. The first-order valence-corrected chi connectivity index (χ1v) is 9.59. The van der Waals surface area contributed by atoms with E-state index in [1.54, 1.807) is 19.1 Å². The third kappa shape index (κ3) is 4.36. The fourth-order valence-corrected chi connectivity index (χ4v) is 4.02. The highest BCUT2D eigenvalue weighted by atomic mass is 16.5. The number of carbonyl (C=O) groups is 1. The first-order valence-electron chi connectivity index (χ1n) is 9.59. The highest BCUT2D eigenvalue weighted by molar-refractivity contribution is 5.86. The molecule has 0 aromatic heterocycles. The molecule has 2 aliphatic rings. The molecule has 1 aromatic rings. The molecule has 1 aromatic carbocycles. The molecular weight excluding hydrogens is 346 g/mol. The van der Waals surface area contributed by atoms with Gasteiger partial charge < -0.3 is 24.4 Å². The first kappa shape index (κ1) is 19.9. The van der Waals surface area contributed by atoms with Crippen LogP contribution in [-0.4, -0.2) is 91.9 Å². The molecule has 7 heteroatoms. The van der Waals surface area contributed by atoms with Gasteiger partial charge in [-0.05, 0) is 26.0 Å². The van der Waals surface area contributed by atoms with E-state index in [4.69, 9.17) is 9.47 Å². The molecule has 0 bridgehead atoms. The van der Waals surface area contributed by atoms with Crippen LogP contribution >= 0.6 is 0 Å². The summed E-state index contributed by atoms with van der Waals surface area (Å²) in [6.45, 7) is 5.16. The summed E-state index contributed by atoms with van der Waals surface area (Å²) in [6.07, 6.45) is 1.31. The summed E-state index contributed by atoms with van der Waals surface area (Å²) >= 11 is 0. The predicted molar refractivity (Wildman–Crippen MR) is 103 cm³/mol. The second-order valence-electron chi connectivity index (χ2n) is 7.59. The summed E-state index contributed by atoms with van der Waals surface area (Å²) in [5, 5.41) is 11.1. The fraction of sp³-hybridized carbons (Fsp3) is 0.650. The lowest BCUT2D eigenvalue weighted by Crippen LogP contribution is -2.60. The monoisotopic (exact) mass is 377 g/mol. The van der Waals surface area contributed by atoms with Crippen LogP contribution in [0, 0.1) is 0 Å². The SMILES string of the molecule is COc1cccc(CN2CCC[C@](O)(CN3CCN(C)CC3)C2=O)c1OC. The number of benzene rings is 1. The lowest BCUT2D eigenvalue weighted by Gasteiger charge is -2.42. The normalized spacial score (nSPS) is 24.9. The van der Waals surface area contributed by atoms with Crippen LogP contribution in [0.5, 0.6) is 11.5 Å². The molecule has 2 heterocycles. The van der Waals surface area contributed by atoms with Gasteiger partial charge in [0.1, 0.15) is 0 Å². The maximum Gasteiger partial charge on any atom is 0.256 e. The Kier molecular flexibility index (Phi) is 6.24. The van der Waals surface area contributed by atoms with Gasteiger partial charge >= 0.3 is 0 Å². The van der Waals surface area contributed by atoms with Gasteiger partial charge in [-0.15, -0.1) is 0 Å². The lowest BCUT2D eigenvalue weighted by molar-refractivity contribution is -0.160. The topological polar surface area (TPSA) is 65.5 Å². The zero-order chi connectivity index (χ0) is 19.4. The number of methoxy groups -OCH3 is 2. The van der Waals surface area contributed by atoms with Gasteiger partial charge in [-0.1, -0.05) is 12.1 Å². The van der Waals surface area contributed by atoms with Crippen molar-refractivity contribution in [3.05, 3.63) is 23.8 Å². The van der Waals surface area contributed by atoms with Crippen LogP contribution in [-0.2, 0) is 11.3 Å². The van der Waals surface area contributed by atoms with Crippen LogP contribution < -0.4 is 9.47 Å².